The summed E-state index contributed by atoms with van der Waals surface area (Å²) >= 11 is 5.94. The van der Waals surface area contributed by atoms with E-state index < -0.39 is 4.92 Å². The number of piperidine rings is 1. The molecule has 0 atom stereocenters. The lowest BCUT2D eigenvalue weighted by molar-refractivity contribution is -0.384. The molecule has 3 aliphatic rings. The van der Waals surface area contributed by atoms with Crippen LogP contribution in [0.5, 0.6) is 0 Å². The van der Waals surface area contributed by atoms with E-state index in [1.807, 2.05) is 0 Å². The first kappa shape index (κ1) is 13.8. The van der Waals surface area contributed by atoms with Crippen LogP contribution in [0.4, 0.5) is 11.7 Å². The monoisotopic (exact) mass is 322 g/mol. The molecule has 22 heavy (non-hydrogen) atoms. The van der Waals surface area contributed by atoms with Crippen LogP contribution < -0.4 is 4.90 Å². The minimum Gasteiger partial charge on any atom is -0.423 e. The van der Waals surface area contributed by atoms with Crippen LogP contribution in [-0.4, -0.2) is 47.0 Å². The van der Waals surface area contributed by atoms with Crippen molar-refractivity contribution in [1.29, 1.82) is 0 Å². The molecule has 4 heterocycles. The Labute approximate surface area is 131 Å². The molecule has 0 aliphatic carbocycles. The van der Waals surface area contributed by atoms with Gasteiger partial charge in [-0.25, -0.2) is 0 Å². The van der Waals surface area contributed by atoms with Gasteiger partial charge in [0.05, 0.1) is 11.0 Å². The van der Waals surface area contributed by atoms with Crippen molar-refractivity contribution in [2.24, 2.45) is 0 Å². The van der Waals surface area contributed by atoms with Crippen LogP contribution in [-0.2, 0) is 0 Å². The molecule has 0 spiro atoms. The van der Waals surface area contributed by atoms with E-state index in [4.69, 9.17) is 16.0 Å². The zero-order valence-corrected chi connectivity index (χ0v) is 12.6. The second-order valence-electron chi connectivity index (χ2n) is 5.79. The Morgan fingerprint density at radius 3 is 2.77 bits per heavy atom. The van der Waals surface area contributed by atoms with E-state index in [1.165, 1.54) is 12.1 Å². The summed E-state index contributed by atoms with van der Waals surface area (Å²) in [7, 11) is 0. The van der Waals surface area contributed by atoms with Crippen molar-refractivity contribution in [3.63, 3.8) is 0 Å². The Morgan fingerprint density at radius 1 is 1.27 bits per heavy atom. The number of rotatable bonds is 2. The van der Waals surface area contributed by atoms with Crippen molar-refractivity contribution in [3.05, 3.63) is 27.3 Å². The summed E-state index contributed by atoms with van der Waals surface area (Å²) in [5.41, 5.74) is 0.815. The van der Waals surface area contributed by atoms with Crippen molar-refractivity contribution in [1.82, 2.24) is 9.88 Å². The zero-order chi connectivity index (χ0) is 15.3. The molecule has 5 rings (SSSR count). The van der Waals surface area contributed by atoms with Gasteiger partial charge < -0.3 is 14.2 Å². The van der Waals surface area contributed by atoms with Gasteiger partial charge in [0.2, 0.25) is 0 Å². The van der Waals surface area contributed by atoms with E-state index in [1.54, 1.807) is 0 Å². The van der Waals surface area contributed by atoms with Gasteiger partial charge in [0.1, 0.15) is 10.5 Å². The molecule has 2 aromatic rings. The molecule has 0 unspecified atom stereocenters. The summed E-state index contributed by atoms with van der Waals surface area (Å²) < 4.78 is 5.79. The number of anilines is 1. The molecule has 0 saturated carbocycles. The van der Waals surface area contributed by atoms with Crippen molar-refractivity contribution < 1.29 is 9.34 Å². The number of oxazole rings is 1. The molecular formula is C14H15ClN4O3. The van der Waals surface area contributed by atoms with Crippen LogP contribution >= 0.6 is 11.6 Å². The molecule has 1 aromatic heterocycles. The van der Waals surface area contributed by atoms with E-state index in [-0.39, 0.29) is 10.7 Å². The fourth-order valence-corrected chi connectivity index (χ4v) is 3.55. The van der Waals surface area contributed by atoms with E-state index in [2.05, 4.69) is 14.8 Å². The first-order chi connectivity index (χ1) is 10.6. The average Bonchev–Trinajstić information content (AvgIpc) is 2.68. The predicted octanol–water partition coefficient (Wildman–Crippen LogP) is 2.67. The van der Waals surface area contributed by atoms with Crippen LogP contribution in [0.1, 0.15) is 12.8 Å². The third-order valence-corrected chi connectivity index (χ3v) is 4.85. The number of nitrogens with zero attached hydrogens (tertiary/aromatic N) is 4. The molecule has 116 valence electrons. The number of benzene rings is 1. The van der Waals surface area contributed by atoms with Gasteiger partial charge in [0.15, 0.2) is 5.58 Å². The Morgan fingerprint density at radius 2 is 2.05 bits per heavy atom. The van der Waals surface area contributed by atoms with E-state index >= 15 is 0 Å². The van der Waals surface area contributed by atoms with Crippen LogP contribution in [0, 0.1) is 10.1 Å². The molecule has 2 bridgehead atoms. The lowest BCUT2D eigenvalue weighted by atomic mass is 10.1. The molecule has 3 aliphatic heterocycles. The summed E-state index contributed by atoms with van der Waals surface area (Å²) in [6, 6.07) is 3.82. The third-order valence-electron chi connectivity index (χ3n) is 4.54. The second kappa shape index (κ2) is 5.10. The Balaban J connectivity index is 1.74. The number of halogens is 1. The summed E-state index contributed by atoms with van der Waals surface area (Å²) in [5, 5.41) is 11.0. The van der Waals surface area contributed by atoms with Crippen molar-refractivity contribution in [2.75, 3.05) is 31.1 Å². The Kier molecular flexibility index (Phi) is 3.19. The number of aromatic nitrogens is 1. The molecule has 0 radical (unpaired) electrons. The highest BCUT2D eigenvalue weighted by Gasteiger charge is 2.32. The standard InChI is InChI=1S/C14H15ClN4O3/c15-10-7-11-13(8-12(10)19(20)21)22-14(16-11)18-6-5-17-3-1-9(18)2-4-17/h7-9H,1-6H2. The van der Waals surface area contributed by atoms with E-state index in [9.17, 15) is 10.1 Å². The first-order valence-corrected chi connectivity index (χ1v) is 7.73. The maximum absolute atomic E-state index is 11.0. The molecule has 0 amide bonds. The summed E-state index contributed by atoms with van der Waals surface area (Å²) in [6.45, 7) is 4.08. The number of nitro groups is 1. The highest BCUT2D eigenvalue weighted by atomic mass is 35.5. The van der Waals surface area contributed by atoms with Gasteiger partial charge in [0.25, 0.3) is 11.7 Å². The number of nitro benzene ring substituents is 1. The van der Waals surface area contributed by atoms with Crippen LogP contribution in [0.25, 0.3) is 11.1 Å². The van der Waals surface area contributed by atoms with Gasteiger partial charge in [-0.2, -0.15) is 4.98 Å². The lowest BCUT2D eigenvalue weighted by Crippen LogP contribution is -2.38. The second-order valence-corrected chi connectivity index (χ2v) is 6.20. The fraction of sp³-hybridized carbons (Fsp3) is 0.500. The summed E-state index contributed by atoms with van der Waals surface area (Å²) in [6.07, 6.45) is 2.19. The first-order valence-electron chi connectivity index (χ1n) is 7.35. The molecule has 3 fully saturated rings. The molecule has 1 aromatic carbocycles. The minimum absolute atomic E-state index is 0.0836. The van der Waals surface area contributed by atoms with Crippen molar-refractivity contribution >= 4 is 34.4 Å². The lowest BCUT2D eigenvalue weighted by Gasteiger charge is -2.30. The molecule has 8 heteroatoms. The largest absolute Gasteiger partial charge is 0.423 e. The minimum atomic E-state index is -0.509. The van der Waals surface area contributed by atoms with Gasteiger partial charge in [-0.15, -0.1) is 0 Å². The quantitative estimate of drug-likeness (QED) is 0.625. The zero-order valence-electron chi connectivity index (χ0n) is 11.9. The number of hydrogen-bond acceptors (Lipinski definition) is 6. The summed E-state index contributed by atoms with van der Waals surface area (Å²) in [4.78, 5) is 19.6. The average molecular weight is 323 g/mol. The van der Waals surface area contributed by atoms with Crippen molar-refractivity contribution in [2.45, 2.75) is 18.9 Å². The van der Waals surface area contributed by atoms with Gasteiger partial charge in [-0.05, 0) is 18.9 Å². The highest BCUT2D eigenvalue weighted by molar-refractivity contribution is 6.33. The fourth-order valence-electron chi connectivity index (χ4n) is 3.33. The van der Waals surface area contributed by atoms with Gasteiger partial charge >= 0.3 is 0 Å². The highest BCUT2D eigenvalue weighted by Crippen LogP contribution is 2.34. The van der Waals surface area contributed by atoms with Gasteiger partial charge in [-0.1, -0.05) is 11.6 Å². The Hall–Kier alpha value is -1.86. The van der Waals surface area contributed by atoms with Crippen molar-refractivity contribution in [3.8, 4) is 0 Å². The summed E-state index contributed by atoms with van der Waals surface area (Å²) in [5.74, 6) is 0. The van der Waals surface area contributed by atoms with E-state index in [0.717, 1.165) is 39.0 Å². The number of hydrogen-bond donors (Lipinski definition) is 0. The number of fused-ring (bicyclic) bond motifs is 5. The maximum atomic E-state index is 11.0. The Bertz CT molecular complexity index is 739. The SMILES string of the molecule is O=[N+]([O-])c1cc2oc(N3CCN4CCC3CC4)nc2cc1Cl. The molecule has 7 nitrogen and oxygen atoms in total. The molecule has 0 N–H and O–H groups in total. The van der Waals surface area contributed by atoms with Crippen LogP contribution in [0.3, 0.4) is 0 Å². The molecular weight excluding hydrogens is 308 g/mol. The van der Waals surface area contributed by atoms with E-state index in [0.29, 0.717) is 23.2 Å². The maximum Gasteiger partial charge on any atom is 0.298 e. The van der Waals surface area contributed by atoms with Crippen LogP contribution in [0.2, 0.25) is 5.02 Å². The smallest absolute Gasteiger partial charge is 0.298 e. The third kappa shape index (κ3) is 2.21. The van der Waals surface area contributed by atoms with Gasteiger partial charge in [-0.3, -0.25) is 10.1 Å². The predicted molar refractivity (Wildman–Crippen MR) is 82.5 cm³/mol. The van der Waals surface area contributed by atoms with Gasteiger partial charge in [0, 0.05) is 32.2 Å². The van der Waals surface area contributed by atoms with Crippen LogP contribution in [0.15, 0.2) is 16.5 Å². The molecule has 3 saturated heterocycles. The normalized spacial score (nSPS) is 24.7. The topological polar surface area (TPSA) is 75.7 Å².